The Morgan fingerprint density at radius 2 is 1.89 bits per heavy atom. The van der Waals surface area contributed by atoms with Crippen LogP contribution in [-0.2, 0) is 6.42 Å². The van der Waals surface area contributed by atoms with Crippen molar-refractivity contribution in [1.29, 1.82) is 0 Å². The zero-order chi connectivity index (χ0) is 13.0. The Labute approximate surface area is 119 Å². The molecule has 1 unspecified atom stereocenters. The maximum absolute atomic E-state index is 5.97. The molecule has 2 N–H and O–H groups in total. The molecule has 1 heterocycles. The average Bonchev–Trinajstić information content (AvgIpc) is 2.57. The third-order valence-electron chi connectivity index (χ3n) is 3.53. The molecule has 1 atom stereocenters. The van der Waals surface area contributed by atoms with Gasteiger partial charge in [0.05, 0.1) is 0 Å². The number of hydrogen-bond donors (Lipinski definition) is 1. The second-order valence-corrected chi connectivity index (χ2v) is 6.27. The van der Waals surface area contributed by atoms with Gasteiger partial charge in [-0.1, -0.05) is 28.8 Å². The van der Waals surface area contributed by atoms with E-state index in [4.69, 9.17) is 5.73 Å². The lowest BCUT2D eigenvalue weighted by atomic mass is 10.0. The summed E-state index contributed by atoms with van der Waals surface area (Å²) in [4.78, 5) is 2.54. The van der Waals surface area contributed by atoms with E-state index < -0.39 is 0 Å². The highest BCUT2D eigenvalue weighted by Gasteiger charge is 2.14. The molecular formula is C15H23BrN2. The fourth-order valence-electron chi connectivity index (χ4n) is 2.68. The van der Waals surface area contributed by atoms with Gasteiger partial charge in [-0.3, -0.25) is 0 Å². The lowest BCUT2D eigenvalue weighted by molar-refractivity contribution is 0.726. The summed E-state index contributed by atoms with van der Waals surface area (Å²) in [6.07, 6.45) is 6.32. The van der Waals surface area contributed by atoms with Crippen LogP contribution in [0.4, 0.5) is 5.69 Å². The molecule has 0 bridgehead atoms. The van der Waals surface area contributed by atoms with Crippen LogP contribution in [0, 0.1) is 0 Å². The van der Waals surface area contributed by atoms with Crippen molar-refractivity contribution in [2.75, 3.05) is 18.0 Å². The molecule has 1 aliphatic heterocycles. The van der Waals surface area contributed by atoms with Crippen molar-refractivity contribution in [1.82, 2.24) is 0 Å². The van der Waals surface area contributed by atoms with Crippen LogP contribution in [0.1, 0.15) is 38.2 Å². The fraction of sp³-hybridized carbons (Fsp3) is 0.600. The molecular weight excluding hydrogens is 288 g/mol. The first kappa shape index (κ1) is 13.9. The number of hydrogen-bond acceptors (Lipinski definition) is 2. The lowest BCUT2D eigenvalue weighted by Gasteiger charge is -2.26. The van der Waals surface area contributed by atoms with E-state index >= 15 is 0 Å². The van der Waals surface area contributed by atoms with E-state index in [1.54, 1.807) is 0 Å². The maximum Gasteiger partial charge on any atom is 0.0400 e. The van der Waals surface area contributed by atoms with Crippen molar-refractivity contribution in [3.63, 3.8) is 0 Å². The number of nitrogens with zero attached hydrogens (tertiary/aromatic N) is 1. The van der Waals surface area contributed by atoms with Gasteiger partial charge in [0.2, 0.25) is 0 Å². The highest BCUT2D eigenvalue weighted by atomic mass is 79.9. The molecule has 2 nitrogen and oxygen atoms in total. The van der Waals surface area contributed by atoms with Gasteiger partial charge < -0.3 is 10.6 Å². The second kappa shape index (κ2) is 6.58. The Morgan fingerprint density at radius 3 is 2.50 bits per heavy atom. The van der Waals surface area contributed by atoms with Crippen molar-refractivity contribution < 1.29 is 0 Å². The summed E-state index contributed by atoms with van der Waals surface area (Å²) < 4.78 is 1.15. The van der Waals surface area contributed by atoms with Crippen LogP contribution < -0.4 is 10.6 Å². The van der Waals surface area contributed by atoms with Gasteiger partial charge in [0, 0.05) is 29.3 Å². The third kappa shape index (κ3) is 3.72. The minimum atomic E-state index is 0.213. The van der Waals surface area contributed by atoms with Crippen LogP contribution in [0.25, 0.3) is 0 Å². The molecule has 0 aromatic heterocycles. The summed E-state index contributed by atoms with van der Waals surface area (Å²) in [7, 11) is 0. The Bertz CT molecular complexity index is 382. The maximum atomic E-state index is 5.97. The van der Waals surface area contributed by atoms with Gasteiger partial charge in [-0.2, -0.15) is 0 Å². The molecule has 18 heavy (non-hydrogen) atoms. The summed E-state index contributed by atoms with van der Waals surface area (Å²) in [5.41, 5.74) is 8.73. The monoisotopic (exact) mass is 310 g/mol. The van der Waals surface area contributed by atoms with E-state index in [9.17, 15) is 0 Å². The van der Waals surface area contributed by atoms with Crippen molar-refractivity contribution in [3.8, 4) is 0 Å². The van der Waals surface area contributed by atoms with Gasteiger partial charge in [-0.15, -0.1) is 0 Å². The highest BCUT2D eigenvalue weighted by molar-refractivity contribution is 9.10. The second-order valence-electron chi connectivity index (χ2n) is 5.36. The predicted molar refractivity (Wildman–Crippen MR) is 82.2 cm³/mol. The molecule has 0 spiro atoms. The van der Waals surface area contributed by atoms with Gasteiger partial charge in [-0.05, 0) is 49.9 Å². The van der Waals surface area contributed by atoms with Crippen LogP contribution in [0.5, 0.6) is 0 Å². The van der Waals surface area contributed by atoms with Crippen LogP contribution in [0.3, 0.4) is 0 Å². The van der Waals surface area contributed by atoms with E-state index in [1.165, 1.54) is 50.0 Å². The first-order chi connectivity index (χ1) is 8.66. The van der Waals surface area contributed by atoms with Crippen LogP contribution in [0.15, 0.2) is 22.7 Å². The molecule has 1 fully saturated rings. The summed E-state index contributed by atoms with van der Waals surface area (Å²) in [5.74, 6) is 0. The number of nitrogens with two attached hydrogens (primary N) is 1. The van der Waals surface area contributed by atoms with Gasteiger partial charge in [0.1, 0.15) is 0 Å². The van der Waals surface area contributed by atoms with E-state index in [1.807, 2.05) is 0 Å². The van der Waals surface area contributed by atoms with Crippen LogP contribution >= 0.6 is 15.9 Å². The molecule has 3 heteroatoms. The van der Waals surface area contributed by atoms with E-state index in [0.717, 1.165) is 10.9 Å². The quantitative estimate of drug-likeness (QED) is 0.922. The molecule has 0 aliphatic carbocycles. The van der Waals surface area contributed by atoms with E-state index in [-0.39, 0.29) is 6.04 Å². The Morgan fingerprint density at radius 1 is 1.22 bits per heavy atom. The van der Waals surface area contributed by atoms with Crippen LogP contribution in [-0.4, -0.2) is 19.1 Å². The first-order valence-electron chi connectivity index (χ1n) is 6.96. The first-order valence-corrected chi connectivity index (χ1v) is 7.75. The van der Waals surface area contributed by atoms with E-state index in [0.29, 0.717) is 0 Å². The van der Waals surface area contributed by atoms with Crippen molar-refractivity contribution in [2.24, 2.45) is 5.73 Å². The van der Waals surface area contributed by atoms with Crippen molar-refractivity contribution in [3.05, 3.63) is 28.2 Å². The smallest absolute Gasteiger partial charge is 0.0400 e. The molecule has 2 rings (SSSR count). The number of benzene rings is 1. The standard InChI is InChI=1S/C15H23BrN2/c1-12(17)10-13-11-14(16)6-7-15(13)18-8-4-2-3-5-9-18/h6-7,11-12H,2-5,8-10,17H2,1H3. The Kier molecular flexibility index (Phi) is 5.07. The highest BCUT2D eigenvalue weighted by Crippen LogP contribution is 2.27. The van der Waals surface area contributed by atoms with Gasteiger partial charge in [-0.25, -0.2) is 0 Å². The minimum Gasteiger partial charge on any atom is -0.371 e. The van der Waals surface area contributed by atoms with Crippen molar-refractivity contribution in [2.45, 2.75) is 45.1 Å². The largest absolute Gasteiger partial charge is 0.371 e. The third-order valence-corrected chi connectivity index (χ3v) is 4.02. The molecule has 1 aliphatic rings. The number of rotatable bonds is 3. The zero-order valence-corrected chi connectivity index (χ0v) is 12.7. The zero-order valence-electron chi connectivity index (χ0n) is 11.2. The summed E-state index contributed by atoms with van der Waals surface area (Å²) in [6.45, 7) is 4.45. The Balaban J connectivity index is 2.23. The Hall–Kier alpha value is -0.540. The molecule has 1 saturated heterocycles. The normalized spacial score (nSPS) is 18.5. The molecule has 0 amide bonds. The number of halogens is 1. The lowest BCUT2D eigenvalue weighted by Crippen LogP contribution is -2.26. The van der Waals surface area contributed by atoms with Crippen molar-refractivity contribution >= 4 is 21.6 Å². The topological polar surface area (TPSA) is 29.3 Å². The van der Waals surface area contributed by atoms with Gasteiger partial charge in [0.25, 0.3) is 0 Å². The molecule has 0 saturated carbocycles. The number of anilines is 1. The molecule has 0 radical (unpaired) electrons. The molecule has 1 aromatic rings. The SMILES string of the molecule is CC(N)Cc1cc(Br)ccc1N1CCCCCC1. The van der Waals surface area contributed by atoms with E-state index in [2.05, 4.69) is 46.0 Å². The molecule has 1 aromatic carbocycles. The predicted octanol–water partition coefficient (Wildman–Crippen LogP) is 3.72. The summed E-state index contributed by atoms with van der Waals surface area (Å²) >= 11 is 3.57. The van der Waals surface area contributed by atoms with Gasteiger partial charge >= 0.3 is 0 Å². The molecule has 100 valence electrons. The van der Waals surface area contributed by atoms with Gasteiger partial charge in [0.15, 0.2) is 0 Å². The summed E-state index contributed by atoms with van der Waals surface area (Å²) in [5, 5.41) is 0. The average molecular weight is 311 g/mol. The fourth-order valence-corrected chi connectivity index (χ4v) is 3.09. The summed E-state index contributed by atoms with van der Waals surface area (Å²) in [6, 6.07) is 6.83. The van der Waals surface area contributed by atoms with Crippen LogP contribution in [0.2, 0.25) is 0 Å². The minimum absolute atomic E-state index is 0.213.